The molecule has 1 amide bonds. The Labute approximate surface area is 85.4 Å². The van der Waals surface area contributed by atoms with Crippen LogP contribution in [0.3, 0.4) is 0 Å². The van der Waals surface area contributed by atoms with E-state index in [0.717, 1.165) is 0 Å². The Bertz CT molecular complexity index is 223. The summed E-state index contributed by atoms with van der Waals surface area (Å²) in [5, 5.41) is 0. The molecular formula is C11H19NO2. The molecule has 14 heavy (non-hydrogen) atoms. The second-order valence-corrected chi connectivity index (χ2v) is 4.52. The van der Waals surface area contributed by atoms with Gasteiger partial charge in [-0.3, -0.25) is 4.79 Å². The number of nitrogens with zero attached hydrogens (tertiary/aromatic N) is 1. The molecule has 1 aliphatic carbocycles. The van der Waals surface area contributed by atoms with Gasteiger partial charge in [0.25, 0.3) is 0 Å². The lowest BCUT2D eigenvalue weighted by Crippen LogP contribution is -2.30. The van der Waals surface area contributed by atoms with E-state index in [4.69, 9.17) is 4.74 Å². The van der Waals surface area contributed by atoms with Crippen molar-refractivity contribution in [2.45, 2.75) is 51.4 Å². The quantitative estimate of drug-likeness (QED) is 0.632. The van der Waals surface area contributed by atoms with E-state index in [2.05, 4.69) is 0 Å². The molecule has 0 N–H and O–H groups in total. The highest BCUT2D eigenvalue weighted by Gasteiger charge is 2.48. The Balaban J connectivity index is 1.82. The van der Waals surface area contributed by atoms with E-state index in [-0.39, 0.29) is 12.1 Å². The summed E-state index contributed by atoms with van der Waals surface area (Å²) in [5.74, 6) is 0.809. The van der Waals surface area contributed by atoms with Crippen LogP contribution < -0.4 is 0 Å². The van der Waals surface area contributed by atoms with E-state index < -0.39 is 0 Å². The maximum absolute atomic E-state index is 11.1. The van der Waals surface area contributed by atoms with Crippen molar-refractivity contribution >= 4 is 5.91 Å². The van der Waals surface area contributed by atoms with Crippen LogP contribution in [0.1, 0.15) is 39.0 Å². The average Bonchev–Trinajstić information content (AvgIpc) is 2.97. The summed E-state index contributed by atoms with van der Waals surface area (Å²) in [6.45, 7) is 1.60. The lowest BCUT2D eigenvalue weighted by Gasteiger charge is -2.20. The van der Waals surface area contributed by atoms with Crippen LogP contribution in [-0.4, -0.2) is 30.2 Å². The van der Waals surface area contributed by atoms with Gasteiger partial charge in [0.2, 0.25) is 5.91 Å². The molecule has 0 bridgehead atoms. The second kappa shape index (κ2) is 3.89. The van der Waals surface area contributed by atoms with Gasteiger partial charge >= 0.3 is 0 Å². The molecule has 0 aromatic heterocycles. The first kappa shape index (κ1) is 9.97. The highest BCUT2D eigenvalue weighted by atomic mass is 16.6. The Morgan fingerprint density at radius 1 is 1.29 bits per heavy atom. The van der Waals surface area contributed by atoms with Gasteiger partial charge in [-0.15, -0.1) is 0 Å². The van der Waals surface area contributed by atoms with Gasteiger partial charge in [-0.25, -0.2) is 0 Å². The van der Waals surface area contributed by atoms with Crippen molar-refractivity contribution in [3.63, 3.8) is 0 Å². The molecule has 2 fully saturated rings. The van der Waals surface area contributed by atoms with Crippen molar-refractivity contribution in [2.75, 3.05) is 7.05 Å². The summed E-state index contributed by atoms with van der Waals surface area (Å²) < 4.78 is 5.58. The highest BCUT2D eigenvalue weighted by Crippen LogP contribution is 2.39. The van der Waals surface area contributed by atoms with Crippen LogP contribution in [0.5, 0.6) is 0 Å². The summed E-state index contributed by atoms with van der Waals surface area (Å²) in [4.78, 5) is 12.8. The number of hydrogen-bond acceptors (Lipinski definition) is 2. The molecule has 0 aromatic rings. The maximum atomic E-state index is 11.1. The molecule has 2 unspecified atom stereocenters. The first-order chi connectivity index (χ1) is 6.70. The van der Waals surface area contributed by atoms with E-state index in [1.165, 1.54) is 32.1 Å². The third-order valence-corrected chi connectivity index (χ3v) is 3.49. The Morgan fingerprint density at radius 3 is 2.50 bits per heavy atom. The predicted octanol–water partition coefficient (Wildman–Crippen LogP) is 1.77. The molecule has 2 rings (SSSR count). The van der Waals surface area contributed by atoms with Gasteiger partial charge in [0, 0.05) is 14.0 Å². The van der Waals surface area contributed by atoms with E-state index in [0.29, 0.717) is 12.0 Å². The third-order valence-electron chi connectivity index (χ3n) is 3.49. The standard InChI is InChI=1S/C11H19NO2/c1-8(13)12(2)11-10(14-11)9-6-4-3-5-7-9/h9-11H,3-7H2,1-2H3. The number of hydrogen-bond donors (Lipinski definition) is 0. The third kappa shape index (κ3) is 1.92. The van der Waals surface area contributed by atoms with Crippen LogP contribution in [-0.2, 0) is 9.53 Å². The van der Waals surface area contributed by atoms with E-state index in [1.54, 1.807) is 11.8 Å². The molecule has 2 atom stereocenters. The van der Waals surface area contributed by atoms with Gasteiger partial charge in [-0.05, 0) is 18.8 Å². The predicted molar refractivity (Wildman–Crippen MR) is 53.7 cm³/mol. The molecule has 3 heteroatoms. The van der Waals surface area contributed by atoms with Crippen LogP contribution in [0.2, 0.25) is 0 Å². The van der Waals surface area contributed by atoms with Gasteiger partial charge < -0.3 is 9.64 Å². The number of amides is 1. The molecule has 2 aliphatic rings. The molecule has 80 valence electrons. The summed E-state index contributed by atoms with van der Waals surface area (Å²) in [6, 6.07) is 0. The zero-order valence-electron chi connectivity index (χ0n) is 9.03. The number of carbonyl (C=O) groups is 1. The van der Waals surface area contributed by atoms with Crippen LogP contribution in [0.4, 0.5) is 0 Å². The van der Waals surface area contributed by atoms with Crippen LogP contribution in [0, 0.1) is 5.92 Å². The van der Waals surface area contributed by atoms with Gasteiger partial charge in [0.1, 0.15) is 6.10 Å². The topological polar surface area (TPSA) is 32.8 Å². The summed E-state index contributed by atoms with van der Waals surface area (Å²) in [6.07, 6.45) is 7.03. The number of ether oxygens (including phenoxy) is 1. The fraction of sp³-hybridized carbons (Fsp3) is 0.909. The Morgan fingerprint density at radius 2 is 1.93 bits per heavy atom. The zero-order valence-corrected chi connectivity index (χ0v) is 9.03. The van der Waals surface area contributed by atoms with Crippen molar-refractivity contribution < 1.29 is 9.53 Å². The first-order valence-electron chi connectivity index (χ1n) is 5.59. The summed E-state index contributed by atoms with van der Waals surface area (Å²) in [7, 11) is 1.83. The van der Waals surface area contributed by atoms with Gasteiger partial charge in [-0.2, -0.15) is 0 Å². The Hall–Kier alpha value is -0.570. The van der Waals surface area contributed by atoms with Crippen molar-refractivity contribution in [2.24, 2.45) is 5.92 Å². The molecule has 0 radical (unpaired) electrons. The first-order valence-corrected chi connectivity index (χ1v) is 5.59. The van der Waals surface area contributed by atoms with E-state index in [1.807, 2.05) is 7.05 Å². The van der Waals surface area contributed by atoms with Crippen molar-refractivity contribution in [3.05, 3.63) is 0 Å². The number of likely N-dealkylation sites (N-methyl/N-ethyl adjacent to an activating group) is 1. The van der Waals surface area contributed by atoms with Gasteiger partial charge in [0.15, 0.2) is 6.23 Å². The SMILES string of the molecule is CC(=O)N(C)C1OC1C1CCCCC1. The minimum absolute atomic E-state index is 0.0793. The smallest absolute Gasteiger partial charge is 0.221 e. The fourth-order valence-corrected chi connectivity index (χ4v) is 2.41. The lowest BCUT2D eigenvalue weighted by molar-refractivity contribution is -0.129. The fourth-order valence-electron chi connectivity index (χ4n) is 2.41. The normalized spacial score (nSPS) is 32.7. The number of epoxide rings is 1. The number of rotatable bonds is 2. The molecule has 0 spiro atoms. The lowest BCUT2D eigenvalue weighted by atomic mass is 9.86. The molecule has 3 nitrogen and oxygen atoms in total. The van der Waals surface area contributed by atoms with Crippen molar-refractivity contribution in [1.29, 1.82) is 0 Å². The van der Waals surface area contributed by atoms with Crippen LogP contribution in [0.25, 0.3) is 0 Å². The molecule has 1 aliphatic heterocycles. The monoisotopic (exact) mass is 197 g/mol. The van der Waals surface area contributed by atoms with E-state index in [9.17, 15) is 4.79 Å². The van der Waals surface area contributed by atoms with Gasteiger partial charge in [0.05, 0.1) is 0 Å². The van der Waals surface area contributed by atoms with Crippen molar-refractivity contribution in [3.8, 4) is 0 Å². The molecule has 1 saturated carbocycles. The molecule has 1 heterocycles. The van der Waals surface area contributed by atoms with Crippen molar-refractivity contribution in [1.82, 2.24) is 4.90 Å². The molecule has 1 saturated heterocycles. The molecular weight excluding hydrogens is 178 g/mol. The summed E-state index contributed by atoms with van der Waals surface area (Å²) >= 11 is 0. The van der Waals surface area contributed by atoms with Gasteiger partial charge in [-0.1, -0.05) is 19.3 Å². The average molecular weight is 197 g/mol. The van der Waals surface area contributed by atoms with Crippen LogP contribution in [0.15, 0.2) is 0 Å². The van der Waals surface area contributed by atoms with Crippen LogP contribution >= 0.6 is 0 Å². The largest absolute Gasteiger partial charge is 0.347 e. The molecule has 0 aromatic carbocycles. The minimum Gasteiger partial charge on any atom is -0.347 e. The zero-order chi connectivity index (χ0) is 10.1. The number of carbonyl (C=O) groups excluding carboxylic acids is 1. The minimum atomic E-state index is 0.0793. The Kier molecular flexibility index (Phi) is 2.77. The van der Waals surface area contributed by atoms with E-state index >= 15 is 0 Å². The second-order valence-electron chi connectivity index (χ2n) is 4.52. The highest BCUT2D eigenvalue weighted by molar-refractivity contribution is 5.73. The summed E-state index contributed by atoms with van der Waals surface area (Å²) in [5.41, 5.74) is 0. The maximum Gasteiger partial charge on any atom is 0.221 e.